The van der Waals surface area contributed by atoms with E-state index in [2.05, 4.69) is 15.5 Å². The Balaban J connectivity index is 1.41. The average Bonchev–Trinajstić information content (AvgIpc) is 3.38. The summed E-state index contributed by atoms with van der Waals surface area (Å²) in [7, 11) is 3.13. The van der Waals surface area contributed by atoms with E-state index in [0.29, 0.717) is 64.4 Å². The van der Waals surface area contributed by atoms with Crippen LogP contribution in [0.1, 0.15) is 10.4 Å². The summed E-state index contributed by atoms with van der Waals surface area (Å²) in [6.45, 7) is 0.932. The van der Waals surface area contributed by atoms with E-state index in [1.807, 2.05) is 18.2 Å². The molecule has 1 N–H and O–H groups in total. The Morgan fingerprint density at radius 2 is 1.71 bits per heavy atom. The van der Waals surface area contributed by atoms with E-state index in [9.17, 15) is 4.79 Å². The maximum atomic E-state index is 12.9. The minimum atomic E-state index is -0.302. The van der Waals surface area contributed by atoms with Crippen LogP contribution in [0.5, 0.6) is 23.0 Å². The smallest absolute Gasteiger partial charge is 0.260 e. The number of rotatable bonds is 6. The molecule has 3 aromatic carbocycles. The minimum Gasteiger partial charge on any atom is -0.493 e. The molecule has 1 aliphatic rings. The van der Waals surface area contributed by atoms with E-state index in [1.54, 1.807) is 56.7 Å². The Kier molecular flexibility index (Phi) is 5.73. The highest BCUT2D eigenvalue weighted by Gasteiger charge is 2.19. The summed E-state index contributed by atoms with van der Waals surface area (Å²) in [5, 5.41) is 7.01. The zero-order valence-electron chi connectivity index (χ0n) is 18.5. The second-order valence-corrected chi connectivity index (χ2v) is 7.35. The predicted molar refractivity (Wildman–Crippen MR) is 124 cm³/mol. The number of carbonyl (C=O) groups excluding carboxylic acids is 1. The van der Waals surface area contributed by atoms with Crippen molar-refractivity contribution in [3.05, 3.63) is 66.2 Å². The number of fused-ring (bicyclic) bond motifs is 1. The third kappa shape index (κ3) is 4.11. The SMILES string of the molecule is COc1ccc(-c2noc(-c3ccccc3NC(=O)c3ccc4c(c3)OCCO4)n2)cc1OC. The fourth-order valence-electron chi connectivity index (χ4n) is 3.58. The van der Waals surface area contributed by atoms with Crippen molar-refractivity contribution in [2.45, 2.75) is 0 Å². The zero-order chi connectivity index (χ0) is 23.5. The van der Waals surface area contributed by atoms with E-state index in [-0.39, 0.29) is 11.8 Å². The van der Waals surface area contributed by atoms with Crippen LogP contribution in [0.3, 0.4) is 0 Å². The molecule has 0 bridgehead atoms. The van der Waals surface area contributed by atoms with Crippen molar-refractivity contribution in [2.24, 2.45) is 0 Å². The van der Waals surface area contributed by atoms with Crippen LogP contribution < -0.4 is 24.3 Å². The number of hydrogen-bond donors (Lipinski definition) is 1. The van der Waals surface area contributed by atoms with Crippen LogP contribution in [0.25, 0.3) is 22.8 Å². The second kappa shape index (κ2) is 9.14. The molecule has 5 rings (SSSR count). The first kappa shape index (κ1) is 21.3. The molecule has 34 heavy (non-hydrogen) atoms. The lowest BCUT2D eigenvalue weighted by Crippen LogP contribution is -2.17. The van der Waals surface area contributed by atoms with E-state index >= 15 is 0 Å². The van der Waals surface area contributed by atoms with Gasteiger partial charge in [0.2, 0.25) is 5.82 Å². The van der Waals surface area contributed by atoms with Crippen molar-refractivity contribution < 1.29 is 28.3 Å². The number of hydrogen-bond acceptors (Lipinski definition) is 8. The molecule has 1 aromatic heterocycles. The molecule has 1 aliphatic heterocycles. The molecule has 0 saturated carbocycles. The fraction of sp³-hybridized carbons (Fsp3) is 0.160. The first-order chi connectivity index (χ1) is 16.7. The summed E-state index contributed by atoms with van der Waals surface area (Å²) in [6.07, 6.45) is 0. The van der Waals surface area contributed by atoms with Crippen LogP contribution in [0, 0.1) is 0 Å². The normalized spacial score (nSPS) is 12.2. The van der Waals surface area contributed by atoms with E-state index in [0.717, 1.165) is 0 Å². The molecule has 0 saturated heterocycles. The molecule has 172 valence electrons. The number of amides is 1. The van der Waals surface area contributed by atoms with E-state index < -0.39 is 0 Å². The number of nitrogens with one attached hydrogen (secondary N) is 1. The van der Waals surface area contributed by atoms with Crippen molar-refractivity contribution >= 4 is 11.6 Å². The predicted octanol–water partition coefficient (Wildman–Crippen LogP) is 4.44. The molecule has 0 atom stereocenters. The van der Waals surface area contributed by atoms with Gasteiger partial charge in [-0.05, 0) is 48.5 Å². The summed E-state index contributed by atoms with van der Waals surface area (Å²) in [6, 6.07) is 17.6. The van der Waals surface area contributed by atoms with Crippen LogP contribution >= 0.6 is 0 Å². The average molecular weight is 459 g/mol. The molecular weight excluding hydrogens is 438 g/mol. The molecule has 0 spiro atoms. The van der Waals surface area contributed by atoms with Crippen molar-refractivity contribution in [2.75, 3.05) is 32.8 Å². The number of methoxy groups -OCH3 is 2. The van der Waals surface area contributed by atoms with Gasteiger partial charge < -0.3 is 28.8 Å². The molecule has 9 nitrogen and oxygen atoms in total. The lowest BCUT2D eigenvalue weighted by atomic mass is 10.1. The Hall–Kier alpha value is -4.53. The summed E-state index contributed by atoms with van der Waals surface area (Å²) in [4.78, 5) is 17.5. The lowest BCUT2D eigenvalue weighted by Gasteiger charge is -2.18. The Morgan fingerprint density at radius 1 is 0.912 bits per heavy atom. The van der Waals surface area contributed by atoms with Gasteiger partial charge in [-0.15, -0.1) is 0 Å². The van der Waals surface area contributed by atoms with Gasteiger partial charge >= 0.3 is 0 Å². The number of carbonyl (C=O) groups is 1. The lowest BCUT2D eigenvalue weighted by molar-refractivity contribution is 0.102. The summed E-state index contributed by atoms with van der Waals surface area (Å²) >= 11 is 0. The van der Waals surface area contributed by atoms with Gasteiger partial charge in [0.1, 0.15) is 13.2 Å². The van der Waals surface area contributed by atoms with Crippen molar-refractivity contribution in [1.29, 1.82) is 0 Å². The molecule has 4 aromatic rings. The second-order valence-electron chi connectivity index (χ2n) is 7.35. The van der Waals surface area contributed by atoms with Gasteiger partial charge in [-0.1, -0.05) is 17.3 Å². The summed E-state index contributed by atoms with van der Waals surface area (Å²) < 4.78 is 27.2. The standard InChI is InChI=1S/C25H21N3O6/c1-30-19-9-7-15(13-21(19)31-2)23-27-25(34-28-23)17-5-3-4-6-18(17)26-24(29)16-8-10-20-22(14-16)33-12-11-32-20/h3-10,13-14H,11-12H2,1-2H3,(H,26,29). The van der Waals surface area contributed by atoms with Crippen LogP contribution in [-0.2, 0) is 0 Å². The summed E-state index contributed by atoms with van der Waals surface area (Å²) in [5.41, 5.74) is 2.26. The zero-order valence-corrected chi connectivity index (χ0v) is 18.5. The number of nitrogens with zero attached hydrogens (tertiary/aromatic N) is 2. The van der Waals surface area contributed by atoms with Crippen molar-refractivity contribution in [1.82, 2.24) is 10.1 Å². The van der Waals surface area contributed by atoms with Gasteiger partial charge in [-0.2, -0.15) is 4.98 Å². The molecule has 0 aliphatic carbocycles. The minimum absolute atomic E-state index is 0.267. The first-order valence-corrected chi connectivity index (χ1v) is 10.5. The first-order valence-electron chi connectivity index (χ1n) is 10.5. The summed E-state index contributed by atoms with van der Waals surface area (Å²) in [5.74, 6) is 2.66. The number of benzene rings is 3. The quantitative estimate of drug-likeness (QED) is 0.451. The Bertz CT molecular complexity index is 1350. The van der Waals surface area contributed by atoms with E-state index in [4.69, 9.17) is 23.5 Å². The molecule has 0 radical (unpaired) electrons. The number of anilines is 1. The van der Waals surface area contributed by atoms with Crippen LogP contribution in [0.2, 0.25) is 0 Å². The van der Waals surface area contributed by atoms with Gasteiger partial charge in [0.05, 0.1) is 25.5 Å². The molecule has 9 heteroatoms. The van der Waals surface area contributed by atoms with Crippen LogP contribution in [0.15, 0.2) is 65.2 Å². The number of ether oxygens (including phenoxy) is 4. The number of aromatic nitrogens is 2. The van der Waals surface area contributed by atoms with E-state index in [1.165, 1.54) is 0 Å². The van der Waals surface area contributed by atoms with Crippen molar-refractivity contribution in [3.8, 4) is 45.8 Å². The highest BCUT2D eigenvalue weighted by molar-refractivity contribution is 6.06. The van der Waals surface area contributed by atoms with Gasteiger partial charge in [-0.3, -0.25) is 4.79 Å². The van der Waals surface area contributed by atoms with Gasteiger partial charge in [0.15, 0.2) is 23.0 Å². The third-order valence-electron chi connectivity index (χ3n) is 5.28. The highest BCUT2D eigenvalue weighted by Crippen LogP contribution is 2.34. The topological polar surface area (TPSA) is 105 Å². The Labute approximate surface area is 195 Å². The van der Waals surface area contributed by atoms with Crippen LogP contribution in [0.4, 0.5) is 5.69 Å². The van der Waals surface area contributed by atoms with Crippen LogP contribution in [-0.4, -0.2) is 43.5 Å². The molecule has 0 fully saturated rings. The fourth-order valence-corrected chi connectivity index (χ4v) is 3.58. The molecule has 1 amide bonds. The van der Waals surface area contributed by atoms with Gasteiger partial charge in [0, 0.05) is 11.1 Å². The molecule has 0 unspecified atom stereocenters. The Morgan fingerprint density at radius 3 is 2.53 bits per heavy atom. The maximum absolute atomic E-state index is 12.9. The monoisotopic (exact) mass is 459 g/mol. The van der Waals surface area contributed by atoms with Gasteiger partial charge in [0.25, 0.3) is 11.8 Å². The number of para-hydroxylation sites is 1. The molecular formula is C25H21N3O6. The maximum Gasteiger partial charge on any atom is 0.260 e. The highest BCUT2D eigenvalue weighted by atomic mass is 16.6. The van der Waals surface area contributed by atoms with Gasteiger partial charge in [-0.25, -0.2) is 0 Å². The third-order valence-corrected chi connectivity index (χ3v) is 5.28. The van der Waals surface area contributed by atoms with Crippen molar-refractivity contribution in [3.63, 3.8) is 0 Å². The largest absolute Gasteiger partial charge is 0.493 e. The molecule has 2 heterocycles.